The number of benzene rings is 1. The van der Waals surface area contributed by atoms with Crippen molar-refractivity contribution in [2.24, 2.45) is 5.92 Å². The third kappa shape index (κ3) is 8.80. The molecule has 4 aliphatic rings. The minimum atomic E-state index is -1.44. The number of aromatic nitrogens is 1. The molecule has 0 spiro atoms. The molecule has 16 nitrogen and oxygen atoms in total. The summed E-state index contributed by atoms with van der Waals surface area (Å²) in [5, 5.41) is 10.8. The number of carbonyl (C=O) groups is 7. The molecule has 0 unspecified atom stereocenters. The maximum absolute atomic E-state index is 14.4. The van der Waals surface area contributed by atoms with Gasteiger partial charge in [0.2, 0.25) is 29.5 Å². The molecular weight excluding hydrogens is 696 g/mol. The van der Waals surface area contributed by atoms with E-state index in [4.69, 9.17) is 4.74 Å². The van der Waals surface area contributed by atoms with Crippen molar-refractivity contribution in [2.45, 2.75) is 95.0 Å². The second-order valence-electron chi connectivity index (χ2n) is 14.6. The van der Waals surface area contributed by atoms with Gasteiger partial charge in [-0.3, -0.25) is 29.3 Å². The Balaban J connectivity index is 1.30. The second-order valence-corrected chi connectivity index (χ2v) is 14.6. The van der Waals surface area contributed by atoms with Crippen molar-refractivity contribution in [3.05, 3.63) is 60.3 Å². The fraction of sp³-hybridized carbons (Fsp3) is 0.526. The molecule has 0 radical (unpaired) electrons. The van der Waals surface area contributed by atoms with Crippen LogP contribution in [-0.4, -0.2) is 124 Å². The lowest BCUT2D eigenvalue weighted by molar-refractivity contribution is -0.158. The number of esters is 1. The van der Waals surface area contributed by atoms with Crippen LogP contribution >= 0.6 is 0 Å². The first-order valence-corrected chi connectivity index (χ1v) is 18.7. The number of nitrogens with one attached hydrogen (secondary N) is 4. The molecule has 2 aromatic rings. The number of urea groups is 1. The molecule has 7 atom stereocenters. The molecule has 4 aliphatic heterocycles. The van der Waals surface area contributed by atoms with Gasteiger partial charge in [0.25, 0.3) is 0 Å². The third-order valence-electron chi connectivity index (χ3n) is 10.5. The largest absolute Gasteiger partial charge is 0.461 e. The standard InChI is InChI=1S/C38H48N8O8/c1-23-19-30-37(52)54-22-27(41-32(47)26(20-25-11-4-3-5-12-25)42-38(53)43-31-15-6-8-16-39-31)35(50)45-18-10-14-29(45)36(51)44-17-9-7-13-28(44)33(48)40-24(2)34(49)46(30)21-23/h3-6,8,11-12,15-16,23-24,26-30H,7,9-10,13-14,17-22H2,1-2H3,(H,40,48)(H,41,47)(H2,39,42,43,53)/t23-,24+,26+,27+,28+,29+,30+/m1/s1. The van der Waals surface area contributed by atoms with Gasteiger partial charge in [-0.25, -0.2) is 14.6 Å². The summed E-state index contributed by atoms with van der Waals surface area (Å²) in [7, 11) is 0. The van der Waals surface area contributed by atoms with Crippen molar-refractivity contribution < 1.29 is 38.3 Å². The Morgan fingerprint density at radius 1 is 0.852 bits per heavy atom. The van der Waals surface area contributed by atoms with E-state index < -0.39 is 84.4 Å². The Labute approximate surface area is 313 Å². The van der Waals surface area contributed by atoms with Gasteiger partial charge < -0.3 is 35.4 Å². The molecule has 16 heteroatoms. The van der Waals surface area contributed by atoms with Gasteiger partial charge in [-0.2, -0.15) is 0 Å². The first kappa shape index (κ1) is 38.2. The molecule has 54 heavy (non-hydrogen) atoms. The molecule has 4 saturated heterocycles. The molecule has 288 valence electrons. The van der Waals surface area contributed by atoms with Crippen molar-refractivity contribution in [1.82, 2.24) is 35.6 Å². The van der Waals surface area contributed by atoms with E-state index in [1.54, 1.807) is 49.4 Å². The topological polar surface area (TPSA) is 199 Å². The summed E-state index contributed by atoms with van der Waals surface area (Å²) in [5.74, 6) is -3.24. The van der Waals surface area contributed by atoms with Gasteiger partial charge in [0.15, 0.2) is 0 Å². The van der Waals surface area contributed by atoms with E-state index in [0.29, 0.717) is 45.1 Å². The Kier molecular flexibility index (Phi) is 12.1. The first-order valence-electron chi connectivity index (χ1n) is 18.7. The van der Waals surface area contributed by atoms with Gasteiger partial charge in [-0.1, -0.05) is 43.3 Å². The quantitative estimate of drug-likeness (QED) is 0.312. The van der Waals surface area contributed by atoms with Gasteiger partial charge in [0.05, 0.1) is 0 Å². The van der Waals surface area contributed by atoms with E-state index in [9.17, 15) is 33.6 Å². The molecule has 0 aliphatic carbocycles. The van der Waals surface area contributed by atoms with E-state index in [-0.39, 0.29) is 31.2 Å². The van der Waals surface area contributed by atoms with Crippen molar-refractivity contribution in [1.29, 1.82) is 0 Å². The van der Waals surface area contributed by atoms with E-state index in [0.717, 1.165) is 5.56 Å². The summed E-state index contributed by atoms with van der Waals surface area (Å²) in [6, 6.07) is 6.95. The summed E-state index contributed by atoms with van der Waals surface area (Å²) >= 11 is 0. The van der Waals surface area contributed by atoms with E-state index >= 15 is 0 Å². The van der Waals surface area contributed by atoms with Crippen molar-refractivity contribution in [2.75, 3.05) is 31.6 Å². The molecule has 1 aromatic heterocycles. The van der Waals surface area contributed by atoms with Crippen LogP contribution in [0.1, 0.15) is 57.9 Å². The number of anilines is 1. The minimum absolute atomic E-state index is 0.0486. The zero-order valence-electron chi connectivity index (χ0n) is 30.6. The fourth-order valence-electron chi connectivity index (χ4n) is 7.79. The molecule has 0 bridgehead atoms. The lowest BCUT2D eigenvalue weighted by atomic mass is 9.99. The summed E-state index contributed by atoms with van der Waals surface area (Å²) in [5.41, 5.74) is 0.728. The first-order chi connectivity index (χ1) is 26.0. The Hall–Kier alpha value is -5.54. The predicted molar refractivity (Wildman–Crippen MR) is 194 cm³/mol. The van der Waals surface area contributed by atoms with Crippen LogP contribution in [0, 0.1) is 5.92 Å². The lowest BCUT2D eigenvalue weighted by Gasteiger charge is -2.39. The van der Waals surface area contributed by atoms with Crippen molar-refractivity contribution >= 4 is 47.4 Å². The van der Waals surface area contributed by atoms with Crippen molar-refractivity contribution in [3.63, 3.8) is 0 Å². The smallest absolute Gasteiger partial charge is 0.328 e. The van der Waals surface area contributed by atoms with Gasteiger partial charge in [0, 0.05) is 32.3 Å². The van der Waals surface area contributed by atoms with Crippen LogP contribution in [0.4, 0.5) is 10.6 Å². The predicted octanol–water partition coefficient (Wildman–Crippen LogP) is 0.970. The highest BCUT2D eigenvalue weighted by atomic mass is 16.5. The number of hydrogen-bond acceptors (Lipinski definition) is 9. The Bertz CT molecular complexity index is 1730. The fourth-order valence-corrected chi connectivity index (χ4v) is 7.79. The highest BCUT2D eigenvalue weighted by Crippen LogP contribution is 2.28. The number of hydrogen-bond donors (Lipinski definition) is 4. The monoisotopic (exact) mass is 744 g/mol. The highest BCUT2D eigenvalue weighted by Gasteiger charge is 2.46. The Morgan fingerprint density at radius 2 is 1.57 bits per heavy atom. The molecule has 0 saturated carbocycles. The number of cyclic esters (lactones) is 1. The number of nitrogens with zero attached hydrogens (tertiary/aromatic N) is 4. The van der Waals surface area contributed by atoms with Crippen molar-refractivity contribution in [3.8, 4) is 0 Å². The molecule has 5 heterocycles. The minimum Gasteiger partial charge on any atom is -0.461 e. The molecular formula is C38H48N8O8. The van der Waals surface area contributed by atoms with E-state index in [2.05, 4.69) is 26.3 Å². The maximum atomic E-state index is 14.4. The van der Waals surface area contributed by atoms with Crippen LogP contribution < -0.4 is 21.3 Å². The number of ether oxygens (including phenoxy) is 1. The summed E-state index contributed by atoms with van der Waals surface area (Å²) in [6.07, 6.45) is 4.50. The SMILES string of the molecule is C[C@@H]1C[C@H]2C(=O)OC[C@H](NC(=O)[C@H](Cc3ccccc3)NC(=O)Nc3ccccn3)C(=O)N3CCC[C@H]3C(=O)N3CCCC[C@H]3C(=O)N[C@@H](C)C(=O)N2C1. The normalized spacial score (nSPS) is 27.2. The summed E-state index contributed by atoms with van der Waals surface area (Å²) in [6.45, 7) is 3.66. The van der Waals surface area contributed by atoms with E-state index in [1.165, 1.54) is 20.9 Å². The second kappa shape index (κ2) is 17.1. The number of fused-ring (bicyclic) bond motifs is 3. The molecule has 4 fully saturated rings. The number of carbonyl (C=O) groups excluding carboxylic acids is 7. The Morgan fingerprint density at radius 3 is 2.33 bits per heavy atom. The third-order valence-corrected chi connectivity index (χ3v) is 10.5. The highest BCUT2D eigenvalue weighted by molar-refractivity contribution is 5.98. The number of pyridine rings is 1. The van der Waals surface area contributed by atoms with Crippen LogP contribution in [0.25, 0.3) is 0 Å². The van der Waals surface area contributed by atoms with Gasteiger partial charge >= 0.3 is 12.0 Å². The molecule has 4 N–H and O–H groups in total. The number of amides is 7. The van der Waals surface area contributed by atoms with E-state index in [1.807, 2.05) is 13.0 Å². The summed E-state index contributed by atoms with van der Waals surface area (Å²) in [4.78, 5) is 105. The van der Waals surface area contributed by atoms with Gasteiger partial charge in [-0.15, -0.1) is 0 Å². The molecule has 1 aromatic carbocycles. The van der Waals surface area contributed by atoms with Gasteiger partial charge in [-0.05, 0) is 69.1 Å². The van der Waals surface area contributed by atoms with Crippen LogP contribution in [0.5, 0.6) is 0 Å². The summed E-state index contributed by atoms with van der Waals surface area (Å²) < 4.78 is 5.73. The van der Waals surface area contributed by atoms with Crippen LogP contribution in [0.2, 0.25) is 0 Å². The zero-order valence-corrected chi connectivity index (χ0v) is 30.6. The molecule has 6 rings (SSSR count). The lowest BCUT2D eigenvalue weighted by Crippen LogP contribution is -2.62. The maximum Gasteiger partial charge on any atom is 0.328 e. The van der Waals surface area contributed by atoms with Crippen LogP contribution in [-0.2, 0) is 39.9 Å². The van der Waals surface area contributed by atoms with Gasteiger partial charge in [0.1, 0.15) is 48.7 Å². The number of piperidine rings is 1. The average Bonchev–Trinajstić information content (AvgIpc) is 3.83. The van der Waals surface area contributed by atoms with Crippen LogP contribution in [0.15, 0.2) is 54.7 Å². The molecule has 7 amide bonds. The zero-order chi connectivity index (χ0) is 38.4. The average molecular weight is 745 g/mol. The number of rotatable bonds is 6. The van der Waals surface area contributed by atoms with Crippen LogP contribution in [0.3, 0.4) is 0 Å².